The fourth-order valence-corrected chi connectivity index (χ4v) is 2.83. The van der Waals surface area contributed by atoms with E-state index in [1.165, 1.54) is 24.3 Å². The second-order valence-corrected chi connectivity index (χ2v) is 6.13. The number of nitrogens with one attached hydrogen (secondary N) is 2. The molecule has 0 atom stereocenters. The molecular formula is C18H14F3N3O2. The summed E-state index contributed by atoms with van der Waals surface area (Å²) in [4.78, 5) is 12.3. The van der Waals surface area contributed by atoms with Gasteiger partial charge in [-0.25, -0.2) is 4.39 Å². The molecule has 5 nitrogen and oxygen atoms in total. The van der Waals surface area contributed by atoms with E-state index in [4.69, 9.17) is 0 Å². The lowest BCUT2D eigenvalue weighted by Crippen LogP contribution is -2.12. The fourth-order valence-electron chi connectivity index (χ4n) is 2.83. The molecule has 0 saturated heterocycles. The summed E-state index contributed by atoms with van der Waals surface area (Å²) >= 11 is 0. The van der Waals surface area contributed by atoms with Crippen LogP contribution in [0.5, 0.6) is 5.75 Å². The summed E-state index contributed by atoms with van der Waals surface area (Å²) in [5.74, 6) is -0.429. The average Bonchev–Trinajstić information content (AvgIpc) is 3.37. The zero-order chi connectivity index (χ0) is 18.3. The van der Waals surface area contributed by atoms with E-state index in [1.54, 1.807) is 6.07 Å². The molecule has 4 rings (SSSR count). The van der Waals surface area contributed by atoms with Crippen LogP contribution in [0.4, 0.5) is 19.0 Å². The van der Waals surface area contributed by atoms with Gasteiger partial charge in [0.25, 0.3) is 5.91 Å². The van der Waals surface area contributed by atoms with Crippen LogP contribution in [0.3, 0.4) is 0 Å². The third-order valence-corrected chi connectivity index (χ3v) is 4.26. The second-order valence-electron chi connectivity index (χ2n) is 6.13. The van der Waals surface area contributed by atoms with Crippen molar-refractivity contribution in [1.82, 2.24) is 10.2 Å². The molecule has 0 unspecified atom stereocenters. The highest BCUT2D eigenvalue weighted by Gasteiger charge is 2.26. The third kappa shape index (κ3) is 3.22. The molecule has 0 spiro atoms. The molecule has 1 aliphatic carbocycles. The number of H-pyrrole nitrogens is 1. The van der Waals surface area contributed by atoms with Gasteiger partial charge in [-0.1, -0.05) is 0 Å². The summed E-state index contributed by atoms with van der Waals surface area (Å²) in [6, 6.07) is 8.45. The topological polar surface area (TPSA) is 67.0 Å². The maximum absolute atomic E-state index is 13.0. The van der Waals surface area contributed by atoms with Crippen molar-refractivity contribution >= 4 is 22.6 Å². The number of nitrogens with zero attached hydrogens (tertiary/aromatic N) is 1. The van der Waals surface area contributed by atoms with Gasteiger partial charge in [-0.2, -0.15) is 13.9 Å². The van der Waals surface area contributed by atoms with Crippen molar-refractivity contribution in [3.8, 4) is 5.75 Å². The maximum atomic E-state index is 13.0. The Balaban J connectivity index is 1.70. The van der Waals surface area contributed by atoms with Gasteiger partial charge in [0, 0.05) is 10.9 Å². The smallest absolute Gasteiger partial charge is 0.387 e. The van der Waals surface area contributed by atoms with E-state index in [-0.39, 0.29) is 22.6 Å². The Hall–Kier alpha value is -3.03. The van der Waals surface area contributed by atoms with Gasteiger partial charge in [-0.3, -0.25) is 9.89 Å². The van der Waals surface area contributed by atoms with E-state index >= 15 is 0 Å². The minimum atomic E-state index is -2.96. The second kappa shape index (κ2) is 6.36. The average molecular weight is 361 g/mol. The predicted molar refractivity (Wildman–Crippen MR) is 89.1 cm³/mol. The number of hydrogen-bond acceptors (Lipinski definition) is 3. The van der Waals surface area contributed by atoms with Crippen molar-refractivity contribution in [2.75, 3.05) is 5.32 Å². The van der Waals surface area contributed by atoms with E-state index in [9.17, 15) is 18.0 Å². The van der Waals surface area contributed by atoms with Gasteiger partial charge < -0.3 is 10.1 Å². The monoisotopic (exact) mass is 361 g/mol. The summed E-state index contributed by atoms with van der Waals surface area (Å²) in [7, 11) is 0. The number of aromatic amines is 1. The lowest BCUT2D eigenvalue weighted by atomic mass is 10.1. The molecule has 0 bridgehead atoms. The number of anilines is 1. The van der Waals surface area contributed by atoms with Crippen molar-refractivity contribution in [1.29, 1.82) is 0 Å². The number of hydrogen-bond donors (Lipinski definition) is 2. The molecular weight excluding hydrogens is 347 g/mol. The van der Waals surface area contributed by atoms with E-state index < -0.39 is 18.3 Å². The first kappa shape index (κ1) is 16.4. The summed E-state index contributed by atoms with van der Waals surface area (Å²) in [6.07, 6.45) is 1.96. The van der Waals surface area contributed by atoms with Crippen LogP contribution in [-0.4, -0.2) is 22.7 Å². The Kier molecular flexibility index (Phi) is 4.02. The van der Waals surface area contributed by atoms with Gasteiger partial charge in [-0.05, 0) is 60.7 Å². The van der Waals surface area contributed by atoms with Crippen molar-refractivity contribution in [3.63, 3.8) is 0 Å². The number of carbonyl (C=O) groups excluding carboxylic acids is 1. The van der Waals surface area contributed by atoms with E-state index in [1.807, 2.05) is 6.07 Å². The Morgan fingerprint density at radius 1 is 1.23 bits per heavy atom. The van der Waals surface area contributed by atoms with E-state index in [0.29, 0.717) is 11.3 Å². The molecule has 134 valence electrons. The highest BCUT2D eigenvalue weighted by molar-refractivity contribution is 6.08. The molecule has 0 aliphatic heterocycles. The van der Waals surface area contributed by atoms with Crippen molar-refractivity contribution < 1.29 is 22.7 Å². The van der Waals surface area contributed by atoms with Crippen LogP contribution >= 0.6 is 0 Å². The van der Waals surface area contributed by atoms with Gasteiger partial charge in [0.05, 0.1) is 0 Å². The largest absolute Gasteiger partial charge is 0.433 e. The van der Waals surface area contributed by atoms with Crippen LogP contribution in [0.2, 0.25) is 0 Å². The summed E-state index contributed by atoms with van der Waals surface area (Å²) in [5.41, 5.74) is 1.40. The van der Waals surface area contributed by atoms with Gasteiger partial charge in [0.1, 0.15) is 11.3 Å². The van der Waals surface area contributed by atoms with Crippen LogP contribution in [0.1, 0.15) is 34.7 Å². The zero-order valence-electron chi connectivity index (χ0n) is 13.4. The zero-order valence-corrected chi connectivity index (χ0v) is 13.4. The lowest BCUT2D eigenvalue weighted by Gasteiger charge is -2.09. The Bertz CT molecular complexity index is 966. The predicted octanol–water partition coefficient (Wildman–Crippen LogP) is 4.43. The number of rotatable bonds is 5. The van der Waals surface area contributed by atoms with Crippen LogP contribution in [0.25, 0.3) is 10.9 Å². The standard InChI is InChI=1S/C18H14F3N3O2/c19-12-5-3-10(4-6-12)17(25)22-16-13-7-11(9-1-2-9)8-14(26-18(20)21)15(13)23-24-16/h3-9,18H,1-2H2,(H2,22,23,24,25). The van der Waals surface area contributed by atoms with E-state index in [0.717, 1.165) is 18.4 Å². The maximum Gasteiger partial charge on any atom is 0.387 e. The molecule has 26 heavy (non-hydrogen) atoms. The molecule has 2 N–H and O–H groups in total. The van der Waals surface area contributed by atoms with Crippen molar-refractivity contribution in [3.05, 3.63) is 53.3 Å². The lowest BCUT2D eigenvalue weighted by molar-refractivity contribution is -0.0489. The minimum absolute atomic E-state index is 0.00539. The molecule has 8 heteroatoms. The number of aromatic nitrogens is 2. The molecule has 1 heterocycles. The van der Waals surface area contributed by atoms with Crippen LogP contribution < -0.4 is 10.1 Å². The summed E-state index contributed by atoms with van der Waals surface area (Å²) < 4.78 is 43.0. The van der Waals surface area contributed by atoms with Crippen molar-refractivity contribution in [2.24, 2.45) is 0 Å². The van der Waals surface area contributed by atoms with E-state index in [2.05, 4.69) is 20.3 Å². The number of amides is 1. The van der Waals surface area contributed by atoms with Crippen LogP contribution in [-0.2, 0) is 0 Å². The number of alkyl halides is 2. The van der Waals surface area contributed by atoms with Gasteiger partial charge >= 0.3 is 6.61 Å². The quantitative estimate of drug-likeness (QED) is 0.706. The number of ether oxygens (including phenoxy) is 1. The summed E-state index contributed by atoms with van der Waals surface area (Å²) in [5, 5.41) is 9.75. The molecule has 0 radical (unpaired) electrons. The molecule has 1 saturated carbocycles. The molecule has 1 amide bonds. The normalized spacial score (nSPS) is 14.0. The molecule has 1 aromatic heterocycles. The summed E-state index contributed by atoms with van der Waals surface area (Å²) in [6.45, 7) is -2.96. The molecule has 1 fully saturated rings. The first-order chi connectivity index (χ1) is 12.5. The first-order valence-electron chi connectivity index (χ1n) is 8.05. The minimum Gasteiger partial charge on any atom is -0.433 e. The molecule has 2 aromatic carbocycles. The first-order valence-corrected chi connectivity index (χ1v) is 8.05. The number of halogens is 3. The Labute approximate surface area is 146 Å². The SMILES string of the molecule is O=C(Nc1n[nH]c2c(OC(F)F)cc(C3CC3)cc12)c1ccc(F)cc1. The number of benzene rings is 2. The number of fused-ring (bicyclic) bond motifs is 1. The molecule has 1 aliphatic rings. The highest BCUT2D eigenvalue weighted by Crippen LogP contribution is 2.44. The van der Waals surface area contributed by atoms with Crippen molar-refractivity contribution in [2.45, 2.75) is 25.4 Å². The number of carbonyl (C=O) groups is 1. The van der Waals surface area contributed by atoms with Gasteiger partial charge in [-0.15, -0.1) is 0 Å². The van der Waals surface area contributed by atoms with Gasteiger partial charge in [0.15, 0.2) is 11.6 Å². The highest BCUT2D eigenvalue weighted by atomic mass is 19.3. The fraction of sp³-hybridized carbons (Fsp3) is 0.222. The Morgan fingerprint density at radius 2 is 1.96 bits per heavy atom. The molecule has 3 aromatic rings. The van der Waals surface area contributed by atoms with Gasteiger partial charge in [0.2, 0.25) is 0 Å². The van der Waals surface area contributed by atoms with Crippen LogP contribution in [0, 0.1) is 5.82 Å². The Morgan fingerprint density at radius 3 is 2.62 bits per heavy atom. The van der Waals surface area contributed by atoms with Crippen LogP contribution in [0.15, 0.2) is 36.4 Å². The third-order valence-electron chi connectivity index (χ3n) is 4.26.